The molecule has 1 aliphatic heterocycles. The average molecular weight is 409 g/mol. The highest BCUT2D eigenvalue weighted by Gasteiger charge is 2.48. The minimum atomic E-state index is -1.02. The second kappa shape index (κ2) is 8.98. The third kappa shape index (κ3) is 4.62. The number of hydrogen-bond donors (Lipinski definition) is 1. The number of imide groups is 1. The smallest absolute Gasteiger partial charge is 0.325 e. The SMILES string of the molecule is COc1ccccc1CN(C)C(=O)CN1C(=O)N[C@@](C)(CCc2ccccc2)C1=O. The van der Waals surface area contributed by atoms with Crippen LogP contribution in [0.2, 0.25) is 0 Å². The van der Waals surface area contributed by atoms with Crippen LogP contribution in [0.4, 0.5) is 4.79 Å². The van der Waals surface area contributed by atoms with Gasteiger partial charge in [0.1, 0.15) is 17.8 Å². The van der Waals surface area contributed by atoms with E-state index in [4.69, 9.17) is 4.74 Å². The summed E-state index contributed by atoms with van der Waals surface area (Å²) in [7, 11) is 3.21. The number of para-hydroxylation sites is 1. The number of ether oxygens (including phenoxy) is 1. The van der Waals surface area contributed by atoms with E-state index in [0.717, 1.165) is 16.0 Å². The highest BCUT2D eigenvalue weighted by Crippen LogP contribution is 2.24. The van der Waals surface area contributed by atoms with E-state index in [0.29, 0.717) is 25.1 Å². The Morgan fingerprint density at radius 3 is 2.47 bits per heavy atom. The number of methoxy groups -OCH3 is 1. The van der Waals surface area contributed by atoms with Crippen LogP contribution in [0.5, 0.6) is 5.75 Å². The average Bonchev–Trinajstić information content (AvgIpc) is 2.96. The van der Waals surface area contributed by atoms with Gasteiger partial charge in [-0.05, 0) is 31.4 Å². The van der Waals surface area contributed by atoms with E-state index in [-0.39, 0.29) is 18.4 Å². The Balaban J connectivity index is 1.62. The molecule has 3 rings (SSSR count). The lowest BCUT2D eigenvalue weighted by atomic mass is 9.93. The van der Waals surface area contributed by atoms with Gasteiger partial charge < -0.3 is 15.0 Å². The van der Waals surface area contributed by atoms with Gasteiger partial charge in [0.15, 0.2) is 0 Å². The molecule has 0 aromatic heterocycles. The first kappa shape index (κ1) is 21.4. The molecule has 7 heteroatoms. The Labute approximate surface area is 176 Å². The van der Waals surface area contributed by atoms with Gasteiger partial charge in [-0.3, -0.25) is 14.5 Å². The van der Waals surface area contributed by atoms with Crippen LogP contribution in [-0.4, -0.2) is 53.9 Å². The normalized spacial score (nSPS) is 18.3. The number of carbonyl (C=O) groups is 3. The number of amides is 4. The van der Waals surface area contributed by atoms with E-state index in [9.17, 15) is 14.4 Å². The standard InChI is InChI=1S/C23H27N3O4/c1-23(14-13-17-9-5-4-6-10-17)21(28)26(22(29)24-23)16-20(27)25(2)15-18-11-7-8-12-19(18)30-3/h4-12H,13-16H2,1-3H3,(H,24,29)/t23-/m0/s1. The highest BCUT2D eigenvalue weighted by molar-refractivity contribution is 6.08. The summed E-state index contributed by atoms with van der Waals surface area (Å²) in [5.41, 5.74) is 0.918. The van der Waals surface area contributed by atoms with E-state index in [1.54, 1.807) is 21.1 Å². The lowest BCUT2D eigenvalue weighted by Crippen LogP contribution is -2.45. The Morgan fingerprint density at radius 1 is 1.10 bits per heavy atom. The van der Waals surface area contributed by atoms with E-state index in [2.05, 4.69) is 5.32 Å². The summed E-state index contributed by atoms with van der Waals surface area (Å²) in [5.74, 6) is -0.0141. The van der Waals surface area contributed by atoms with Crippen molar-refractivity contribution in [1.29, 1.82) is 0 Å². The van der Waals surface area contributed by atoms with E-state index in [1.807, 2.05) is 54.6 Å². The summed E-state index contributed by atoms with van der Waals surface area (Å²) < 4.78 is 5.32. The van der Waals surface area contributed by atoms with Crippen LogP contribution in [0.15, 0.2) is 54.6 Å². The first-order valence-electron chi connectivity index (χ1n) is 9.88. The fraction of sp³-hybridized carbons (Fsp3) is 0.348. The number of hydrogen-bond acceptors (Lipinski definition) is 4. The predicted molar refractivity (Wildman–Crippen MR) is 113 cm³/mol. The molecule has 0 aliphatic carbocycles. The molecule has 0 radical (unpaired) electrons. The number of urea groups is 1. The van der Waals surface area contributed by atoms with Crippen LogP contribution >= 0.6 is 0 Å². The van der Waals surface area contributed by atoms with E-state index in [1.165, 1.54) is 4.90 Å². The van der Waals surface area contributed by atoms with Crippen LogP contribution in [0.3, 0.4) is 0 Å². The number of nitrogens with one attached hydrogen (secondary N) is 1. The van der Waals surface area contributed by atoms with Gasteiger partial charge in [0.2, 0.25) is 5.91 Å². The summed E-state index contributed by atoms with van der Waals surface area (Å²) in [6.45, 7) is 1.73. The van der Waals surface area contributed by atoms with Crippen molar-refractivity contribution in [3.8, 4) is 5.75 Å². The van der Waals surface area contributed by atoms with Gasteiger partial charge in [-0.15, -0.1) is 0 Å². The summed E-state index contributed by atoms with van der Waals surface area (Å²) >= 11 is 0. The van der Waals surface area contributed by atoms with Gasteiger partial charge in [0.25, 0.3) is 5.91 Å². The topological polar surface area (TPSA) is 79.0 Å². The number of aryl methyl sites for hydroxylation is 1. The van der Waals surface area contributed by atoms with Gasteiger partial charge in [-0.1, -0.05) is 48.5 Å². The number of benzene rings is 2. The number of rotatable bonds is 8. The summed E-state index contributed by atoms with van der Waals surface area (Å²) in [4.78, 5) is 40.5. The van der Waals surface area contributed by atoms with Gasteiger partial charge >= 0.3 is 6.03 Å². The van der Waals surface area contributed by atoms with Crippen molar-refractivity contribution < 1.29 is 19.1 Å². The lowest BCUT2D eigenvalue weighted by molar-refractivity contribution is -0.138. The van der Waals surface area contributed by atoms with E-state index < -0.39 is 11.6 Å². The van der Waals surface area contributed by atoms with Crippen LogP contribution in [0.25, 0.3) is 0 Å². The maximum absolute atomic E-state index is 12.9. The minimum Gasteiger partial charge on any atom is -0.496 e. The molecule has 1 fully saturated rings. The van der Waals surface area contributed by atoms with Gasteiger partial charge in [-0.25, -0.2) is 4.79 Å². The zero-order chi connectivity index (χ0) is 21.7. The van der Waals surface area contributed by atoms with Crippen molar-refractivity contribution >= 4 is 17.8 Å². The summed E-state index contributed by atoms with van der Waals surface area (Å²) in [6, 6.07) is 16.7. The monoisotopic (exact) mass is 409 g/mol. The number of nitrogens with zero attached hydrogens (tertiary/aromatic N) is 2. The summed E-state index contributed by atoms with van der Waals surface area (Å²) in [5, 5.41) is 2.76. The molecule has 0 unspecified atom stereocenters. The molecule has 0 saturated carbocycles. The molecule has 2 aromatic carbocycles. The van der Waals surface area contributed by atoms with Crippen LogP contribution in [-0.2, 0) is 22.6 Å². The first-order valence-corrected chi connectivity index (χ1v) is 9.88. The predicted octanol–water partition coefficient (Wildman–Crippen LogP) is 2.60. The molecule has 0 spiro atoms. The summed E-state index contributed by atoms with van der Waals surface area (Å²) in [6.07, 6.45) is 1.11. The number of carbonyl (C=O) groups excluding carboxylic acids is 3. The Bertz CT molecular complexity index is 931. The van der Waals surface area contributed by atoms with E-state index >= 15 is 0 Å². The Hall–Kier alpha value is -3.35. The largest absolute Gasteiger partial charge is 0.496 e. The molecular weight excluding hydrogens is 382 g/mol. The molecule has 1 atom stereocenters. The van der Waals surface area contributed by atoms with Gasteiger partial charge in [-0.2, -0.15) is 0 Å². The van der Waals surface area contributed by atoms with Crippen molar-refractivity contribution in [3.63, 3.8) is 0 Å². The molecule has 158 valence electrons. The van der Waals surface area contributed by atoms with Crippen molar-refractivity contribution in [2.75, 3.05) is 20.7 Å². The fourth-order valence-electron chi connectivity index (χ4n) is 3.53. The van der Waals surface area contributed by atoms with Crippen LogP contribution < -0.4 is 10.1 Å². The second-order valence-electron chi connectivity index (χ2n) is 7.70. The second-order valence-corrected chi connectivity index (χ2v) is 7.70. The first-order chi connectivity index (χ1) is 14.3. The molecule has 1 N–H and O–H groups in total. The zero-order valence-corrected chi connectivity index (χ0v) is 17.6. The minimum absolute atomic E-state index is 0.294. The third-order valence-corrected chi connectivity index (χ3v) is 5.42. The Morgan fingerprint density at radius 2 is 1.77 bits per heavy atom. The van der Waals surface area contributed by atoms with Crippen LogP contribution in [0, 0.1) is 0 Å². The lowest BCUT2D eigenvalue weighted by Gasteiger charge is -2.23. The molecule has 4 amide bonds. The molecule has 1 heterocycles. The highest BCUT2D eigenvalue weighted by atomic mass is 16.5. The van der Waals surface area contributed by atoms with Crippen molar-refractivity contribution in [3.05, 3.63) is 65.7 Å². The van der Waals surface area contributed by atoms with Gasteiger partial charge in [0.05, 0.1) is 7.11 Å². The van der Waals surface area contributed by atoms with Crippen LogP contribution in [0.1, 0.15) is 24.5 Å². The maximum atomic E-state index is 12.9. The van der Waals surface area contributed by atoms with Crippen molar-refractivity contribution in [2.24, 2.45) is 0 Å². The number of likely N-dealkylation sites (N-methyl/N-ethyl adjacent to an activating group) is 1. The van der Waals surface area contributed by atoms with Gasteiger partial charge in [0, 0.05) is 19.2 Å². The third-order valence-electron chi connectivity index (χ3n) is 5.42. The zero-order valence-electron chi connectivity index (χ0n) is 17.6. The van der Waals surface area contributed by atoms with Crippen molar-refractivity contribution in [2.45, 2.75) is 31.8 Å². The molecule has 1 saturated heterocycles. The molecule has 7 nitrogen and oxygen atoms in total. The molecular formula is C23H27N3O4. The quantitative estimate of drug-likeness (QED) is 0.680. The maximum Gasteiger partial charge on any atom is 0.325 e. The Kier molecular flexibility index (Phi) is 6.40. The molecule has 2 aromatic rings. The fourth-order valence-corrected chi connectivity index (χ4v) is 3.53. The van der Waals surface area contributed by atoms with Crippen molar-refractivity contribution in [1.82, 2.24) is 15.1 Å². The molecule has 30 heavy (non-hydrogen) atoms. The molecule has 0 bridgehead atoms. The molecule has 1 aliphatic rings.